The van der Waals surface area contributed by atoms with Gasteiger partial charge in [0.1, 0.15) is 0 Å². The number of hydrogen-bond donors (Lipinski definition) is 0. The van der Waals surface area contributed by atoms with Crippen LogP contribution < -0.4 is 51.4 Å². The summed E-state index contributed by atoms with van der Waals surface area (Å²) in [5.74, 6) is 0. The summed E-state index contributed by atoms with van der Waals surface area (Å²) < 4.78 is 0. The fourth-order valence-corrected chi connectivity index (χ4v) is 0. The quantitative estimate of drug-likeness (QED) is 0.276. The molecule has 0 saturated carbocycles. The molecule has 0 aliphatic rings. The predicted octanol–water partition coefficient (Wildman–Crippen LogP) is -6.29. The molecule has 0 fully saturated rings. The van der Waals surface area contributed by atoms with Crippen molar-refractivity contribution in [3.8, 4) is 0 Å². The van der Waals surface area contributed by atoms with Gasteiger partial charge in [0.05, 0.1) is 0 Å². The van der Waals surface area contributed by atoms with Crippen LogP contribution in [0.4, 0.5) is 0 Å². The smallest absolute Gasteiger partial charge is 0.412 e. The van der Waals surface area contributed by atoms with Crippen LogP contribution in [-0.2, 0) is 0 Å². The molecule has 4 nitrogen and oxygen atoms in total. The van der Waals surface area contributed by atoms with Crippen LogP contribution in [0.15, 0.2) is 0 Å². The molecule has 0 aromatic heterocycles. The van der Waals surface area contributed by atoms with Crippen molar-refractivity contribution in [1.82, 2.24) is 0 Å². The molecule has 0 rings (SSSR count). The summed E-state index contributed by atoms with van der Waals surface area (Å²) >= 11 is 0. The molecule has 0 spiro atoms. The van der Waals surface area contributed by atoms with Crippen LogP contribution in [-0.4, -0.2) is 21.9 Å². The van der Waals surface area contributed by atoms with E-state index in [0.717, 1.165) is 0 Å². The van der Waals surface area contributed by atoms with Crippen LogP contribution in [0.5, 0.6) is 0 Å². The average molecular weight is 111 g/mol. The van der Waals surface area contributed by atoms with Crippen LogP contribution in [0.1, 0.15) is 0 Å². The van der Waals surface area contributed by atoms with Crippen molar-refractivity contribution < 1.29 is 73.3 Å². The van der Waals surface area contributed by atoms with Gasteiger partial charge in [0.25, 0.3) is 0 Å². The van der Waals surface area contributed by atoms with Crippen LogP contribution >= 0.6 is 0 Å². The minimum absolute atomic E-state index is 0. The van der Waals surface area contributed by atoms with Gasteiger partial charge in [-0.05, 0) is 0 Å². The monoisotopic (exact) mass is 111 g/mol. The first-order chi connectivity index (χ1) is 0. The van der Waals surface area contributed by atoms with E-state index < -0.39 is 0 Å². The zero-order chi connectivity index (χ0) is 0. The normalized spacial score (nSPS) is 0. The van der Waals surface area contributed by atoms with E-state index in [1.54, 1.807) is 0 Å². The Balaban J connectivity index is 0. The van der Waals surface area contributed by atoms with E-state index >= 15 is 0 Å². The first kappa shape index (κ1) is 89.1. The summed E-state index contributed by atoms with van der Waals surface area (Å²) in [4.78, 5) is 0. The second kappa shape index (κ2) is 50.3. The standard InChI is InChI=1S/K.4H2O/h;4*1H2/q+1;;;;. The molecule has 0 aliphatic carbocycles. The van der Waals surface area contributed by atoms with Crippen molar-refractivity contribution in [3.05, 3.63) is 0 Å². The molecule has 0 atom stereocenters. The Morgan fingerprint density at radius 1 is 0.400 bits per heavy atom. The van der Waals surface area contributed by atoms with Gasteiger partial charge in [-0.25, -0.2) is 0 Å². The van der Waals surface area contributed by atoms with Crippen LogP contribution in [0, 0.1) is 0 Å². The summed E-state index contributed by atoms with van der Waals surface area (Å²) in [7, 11) is 0. The largest absolute Gasteiger partial charge is 1.00 e. The molecule has 0 aromatic rings. The van der Waals surface area contributed by atoms with Gasteiger partial charge in [0.15, 0.2) is 0 Å². The van der Waals surface area contributed by atoms with Crippen molar-refractivity contribution in [1.29, 1.82) is 0 Å². The first-order valence-electron chi connectivity index (χ1n) is 0. The van der Waals surface area contributed by atoms with Gasteiger partial charge in [-0.3, -0.25) is 0 Å². The topological polar surface area (TPSA) is 126 Å². The Bertz CT molecular complexity index is 3.61. The van der Waals surface area contributed by atoms with Gasteiger partial charge in [-0.2, -0.15) is 0 Å². The molecule has 0 radical (unpaired) electrons. The minimum Gasteiger partial charge on any atom is -0.412 e. The molecule has 0 aromatic carbocycles. The molecule has 8 N–H and O–H groups in total. The predicted molar refractivity (Wildman–Crippen MR) is 14.5 cm³/mol. The third-order valence-corrected chi connectivity index (χ3v) is 0. The molecule has 0 amide bonds. The van der Waals surface area contributed by atoms with Gasteiger partial charge in [-0.1, -0.05) is 0 Å². The van der Waals surface area contributed by atoms with E-state index in [4.69, 9.17) is 0 Å². The van der Waals surface area contributed by atoms with E-state index in [0.29, 0.717) is 0 Å². The maximum absolute atomic E-state index is 0. The second-order valence-corrected chi connectivity index (χ2v) is 0. The molecule has 5 heavy (non-hydrogen) atoms. The number of rotatable bonds is 0. The summed E-state index contributed by atoms with van der Waals surface area (Å²) in [5, 5.41) is 0. The SMILES string of the molecule is O.O.O.O.[K+]. The van der Waals surface area contributed by atoms with Crippen molar-refractivity contribution in [2.24, 2.45) is 0 Å². The molecule has 0 unspecified atom stereocenters. The molecular weight excluding hydrogens is 103 g/mol. The zero-order valence-corrected chi connectivity index (χ0v) is 6.12. The fraction of sp³-hybridized carbons (Fsp3) is 0. The van der Waals surface area contributed by atoms with E-state index in [1.807, 2.05) is 0 Å². The summed E-state index contributed by atoms with van der Waals surface area (Å²) in [6.45, 7) is 0. The van der Waals surface area contributed by atoms with Gasteiger partial charge in [0.2, 0.25) is 0 Å². The van der Waals surface area contributed by atoms with Crippen molar-refractivity contribution >= 4 is 0 Å². The molecular formula is H8KO4+. The van der Waals surface area contributed by atoms with Gasteiger partial charge in [-0.15, -0.1) is 0 Å². The molecule has 0 saturated heterocycles. The van der Waals surface area contributed by atoms with Crippen LogP contribution in [0.3, 0.4) is 0 Å². The van der Waals surface area contributed by atoms with Crippen LogP contribution in [0.2, 0.25) is 0 Å². The zero-order valence-electron chi connectivity index (χ0n) is 3.00. The van der Waals surface area contributed by atoms with E-state index in [1.165, 1.54) is 0 Å². The van der Waals surface area contributed by atoms with Crippen molar-refractivity contribution in [3.63, 3.8) is 0 Å². The minimum atomic E-state index is 0. The average Bonchev–Trinajstić information content (AvgIpc) is 0. The van der Waals surface area contributed by atoms with Gasteiger partial charge >= 0.3 is 51.4 Å². The maximum atomic E-state index is 0. The van der Waals surface area contributed by atoms with Crippen molar-refractivity contribution in [2.75, 3.05) is 0 Å². The maximum Gasteiger partial charge on any atom is 1.00 e. The molecule has 0 aliphatic heterocycles. The van der Waals surface area contributed by atoms with Gasteiger partial charge in [0, 0.05) is 0 Å². The Morgan fingerprint density at radius 2 is 0.400 bits per heavy atom. The summed E-state index contributed by atoms with van der Waals surface area (Å²) in [6, 6.07) is 0. The third-order valence-electron chi connectivity index (χ3n) is 0. The Kier molecular flexibility index (Phi) is 897. The second-order valence-electron chi connectivity index (χ2n) is 0. The first-order valence-corrected chi connectivity index (χ1v) is 0. The number of hydrogen-bond acceptors (Lipinski definition) is 0. The third kappa shape index (κ3) is 30.4. The van der Waals surface area contributed by atoms with E-state index in [-0.39, 0.29) is 73.3 Å². The Morgan fingerprint density at radius 3 is 0.400 bits per heavy atom. The Hall–Kier alpha value is 1.48. The van der Waals surface area contributed by atoms with E-state index in [2.05, 4.69) is 0 Å². The summed E-state index contributed by atoms with van der Waals surface area (Å²) in [5.41, 5.74) is 0. The molecule has 0 heterocycles. The van der Waals surface area contributed by atoms with Crippen LogP contribution in [0.25, 0.3) is 0 Å². The molecule has 5 heteroatoms. The fourth-order valence-electron chi connectivity index (χ4n) is 0. The molecule has 0 bridgehead atoms. The van der Waals surface area contributed by atoms with Crippen molar-refractivity contribution in [2.45, 2.75) is 0 Å². The molecule has 32 valence electrons. The summed E-state index contributed by atoms with van der Waals surface area (Å²) in [6.07, 6.45) is 0. The Labute approximate surface area is 72.2 Å². The van der Waals surface area contributed by atoms with E-state index in [9.17, 15) is 0 Å². The van der Waals surface area contributed by atoms with Gasteiger partial charge < -0.3 is 21.9 Å².